The summed E-state index contributed by atoms with van der Waals surface area (Å²) in [6.45, 7) is 4.83. The molecule has 3 fully saturated rings. The molecule has 1 aromatic rings. The zero-order chi connectivity index (χ0) is 44.1. The van der Waals surface area contributed by atoms with Crippen LogP contribution < -0.4 is 21.9 Å². The number of aliphatic hydroxyl groups is 8. The second kappa shape index (κ2) is 23.9. The maximum absolute atomic E-state index is 13.2. The Morgan fingerprint density at radius 2 is 1.37 bits per heavy atom. The Labute approximate surface area is 348 Å². The van der Waals surface area contributed by atoms with Crippen molar-refractivity contribution < 1.29 is 69.4 Å². The second-order valence-corrected chi connectivity index (χ2v) is 16.5. The van der Waals surface area contributed by atoms with Crippen molar-refractivity contribution in [2.24, 2.45) is 5.92 Å². The number of unbranched alkanes of at least 4 members (excludes halogenated alkanes) is 9. The van der Waals surface area contributed by atoms with Gasteiger partial charge in [-0.05, 0) is 24.8 Å². The lowest BCUT2D eigenvalue weighted by Gasteiger charge is -2.47. The van der Waals surface area contributed by atoms with Crippen LogP contribution in [0.3, 0.4) is 0 Å². The SMILES string of the molecule is CC(=O)NC1C(OC2OC(CC(O)C3OC(n4ccc(=O)[nH]c4=O)C(O)C3O)C(O)C(O)C2NC(=O)C=CCCCCCCCCCCCC(C)C)OC(CO)C(O)C1O. The Hall–Kier alpha value is -3.12. The number of rotatable bonds is 22. The molecule has 15 unspecified atom stereocenters. The average Bonchev–Trinajstić information content (AvgIpc) is 3.49. The van der Waals surface area contributed by atoms with Crippen LogP contribution in [0.25, 0.3) is 0 Å². The van der Waals surface area contributed by atoms with Gasteiger partial charge in [0.1, 0.15) is 60.9 Å². The van der Waals surface area contributed by atoms with Crippen LogP contribution in [0, 0.1) is 5.92 Å². The van der Waals surface area contributed by atoms with Gasteiger partial charge < -0.3 is 70.4 Å². The summed E-state index contributed by atoms with van der Waals surface area (Å²) in [5.41, 5.74) is -1.68. The molecule has 0 radical (unpaired) electrons. The number of aromatic amines is 1. The smallest absolute Gasteiger partial charge is 0.330 e. The summed E-state index contributed by atoms with van der Waals surface area (Å²) in [4.78, 5) is 51.2. The molecule has 4 heterocycles. The van der Waals surface area contributed by atoms with Crippen LogP contribution >= 0.6 is 0 Å². The van der Waals surface area contributed by atoms with Crippen LogP contribution in [0.1, 0.15) is 104 Å². The van der Waals surface area contributed by atoms with E-state index in [1.54, 1.807) is 6.08 Å². The van der Waals surface area contributed by atoms with Crippen molar-refractivity contribution in [2.75, 3.05) is 6.61 Å². The van der Waals surface area contributed by atoms with Crippen molar-refractivity contribution in [3.8, 4) is 0 Å². The lowest BCUT2D eigenvalue weighted by atomic mass is 9.91. The third-order valence-corrected chi connectivity index (χ3v) is 11.2. The quantitative estimate of drug-likeness (QED) is 0.0458. The molecule has 3 aliphatic heterocycles. The minimum absolute atomic E-state index is 0.597. The molecular formula is C40H66N4O16. The maximum Gasteiger partial charge on any atom is 0.330 e. The van der Waals surface area contributed by atoms with Crippen LogP contribution in [-0.2, 0) is 28.5 Å². The van der Waals surface area contributed by atoms with Crippen molar-refractivity contribution in [1.29, 1.82) is 0 Å². The lowest BCUT2D eigenvalue weighted by molar-refractivity contribution is -0.346. The van der Waals surface area contributed by atoms with Gasteiger partial charge in [0.05, 0.1) is 18.8 Å². The van der Waals surface area contributed by atoms with Crippen LogP contribution in [0.15, 0.2) is 34.0 Å². The van der Waals surface area contributed by atoms with Gasteiger partial charge in [0, 0.05) is 25.6 Å². The fourth-order valence-electron chi connectivity index (χ4n) is 7.80. The molecule has 1 aromatic heterocycles. The predicted molar refractivity (Wildman–Crippen MR) is 212 cm³/mol. The Kier molecular flexibility index (Phi) is 19.7. The molecule has 342 valence electrons. The number of hydrogen-bond donors (Lipinski definition) is 11. The number of nitrogens with one attached hydrogen (secondary N) is 3. The van der Waals surface area contributed by atoms with E-state index in [-0.39, 0.29) is 0 Å². The number of allylic oxidation sites excluding steroid dienone is 1. The Morgan fingerprint density at radius 1 is 0.800 bits per heavy atom. The predicted octanol–water partition coefficient (Wildman–Crippen LogP) is -1.70. The third-order valence-electron chi connectivity index (χ3n) is 11.2. The van der Waals surface area contributed by atoms with Gasteiger partial charge in [-0.2, -0.15) is 0 Å². The summed E-state index contributed by atoms with van der Waals surface area (Å²) in [6.07, 6.45) is -6.31. The lowest BCUT2D eigenvalue weighted by Crippen LogP contribution is -2.68. The van der Waals surface area contributed by atoms with Gasteiger partial charge >= 0.3 is 5.69 Å². The second-order valence-electron chi connectivity index (χ2n) is 16.5. The number of aliphatic hydroxyl groups excluding tert-OH is 8. The van der Waals surface area contributed by atoms with E-state index in [2.05, 4.69) is 24.5 Å². The molecular weight excluding hydrogens is 792 g/mol. The van der Waals surface area contributed by atoms with E-state index in [9.17, 15) is 60.0 Å². The minimum Gasteiger partial charge on any atom is -0.394 e. The van der Waals surface area contributed by atoms with Crippen molar-refractivity contribution in [3.05, 3.63) is 45.3 Å². The van der Waals surface area contributed by atoms with E-state index in [1.807, 2.05) is 4.98 Å². The van der Waals surface area contributed by atoms with E-state index in [0.29, 0.717) is 6.42 Å². The number of carbonyl (C=O) groups is 2. The first-order valence-corrected chi connectivity index (χ1v) is 21.1. The topological polar surface area (TPSA) is 312 Å². The van der Waals surface area contributed by atoms with Crippen LogP contribution in [0.4, 0.5) is 0 Å². The monoisotopic (exact) mass is 858 g/mol. The fraction of sp³-hybridized carbons (Fsp3) is 0.800. The van der Waals surface area contributed by atoms with Gasteiger partial charge in [-0.3, -0.25) is 23.9 Å². The number of hydrogen-bond acceptors (Lipinski definition) is 16. The van der Waals surface area contributed by atoms with Crippen molar-refractivity contribution >= 4 is 11.8 Å². The first-order valence-electron chi connectivity index (χ1n) is 21.1. The molecule has 3 saturated heterocycles. The van der Waals surface area contributed by atoms with Crippen LogP contribution in [-0.4, -0.2) is 155 Å². The number of aromatic nitrogens is 2. The highest BCUT2D eigenvalue weighted by Gasteiger charge is 2.53. The zero-order valence-electron chi connectivity index (χ0n) is 34.5. The van der Waals surface area contributed by atoms with Gasteiger partial charge in [-0.1, -0.05) is 77.7 Å². The summed E-state index contributed by atoms with van der Waals surface area (Å²) in [5, 5.41) is 91.5. The normalized spacial score (nSPS) is 33.9. The maximum atomic E-state index is 13.2. The summed E-state index contributed by atoms with van der Waals surface area (Å²) in [7, 11) is 0. The molecule has 0 spiro atoms. The number of H-pyrrole nitrogens is 1. The zero-order valence-corrected chi connectivity index (χ0v) is 34.5. The summed E-state index contributed by atoms with van der Waals surface area (Å²) in [6, 6.07) is -2.01. The fourth-order valence-corrected chi connectivity index (χ4v) is 7.80. The number of nitrogens with zero attached hydrogens (tertiary/aromatic N) is 1. The first kappa shape index (κ1) is 49.5. The average molecular weight is 859 g/mol. The third kappa shape index (κ3) is 13.7. The van der Waals surface area contributed by atoms with Gasteiger partial charge in [-0.25, -0.2) is 4.79 Å². The minimum atomic E-state index is -1.85. The standard InChI is InChI=1S/C40H66N4O16/c1-21(2)15-13-11-9-7-5-4-6-8-10-12-14-16-26(48)42-29-33(53)30(50)24(57-39(29)60-38-28(41-22(3)46)32(52)31(51)25(20-45)58-38)19-23(47)36-34(54)35(55)37(59-36)44-18-17-27(49)43-40(44)56/h14,16-18,21,23-25,28-39,45,47,50-55H,4-13,15,19-20H2,1-3H3,(H,41,46)(H,42,48)(H,43,49,56). The molecule has 15 atom stereocenters. The molecule has 20 heteroatoms. The van der Waals surface area contributed by atoms with Gasteiger partial charge in [0.2, 0.25) is 11.8 Å². The summed E-state index contributed by atoms with van der Waals surface area (Å²) >= 11 is 0. The molecule has 11 N–H and O–H groups in total. The molecule has 4 rings (SSSR count). The van der Waals surface area contributed by atoms with Gasteiger partial charge in [-0.15, -0.1) is 0 Å². The Balaban J connectivity index is 1.42. The van der Waals surface area contributed by atoms with E-state index in [1.165, 1.54) is 44.6 Å². The molecule has 0 aliphatic carbocycles. The number of amides is 2. The highest BCUT2D eigenvalue weighted by atomic mass is 16.8. The molecule has 0 saturated carbocycles. The van der Waals surface area contributed by atoms with Crippen molar-refractivity contribution in [3.63, 3.8) is 0 Å². The number of ether oxygens (including phenoxy) is 4. The van der Waals surface area contributed by atoms with Crippen molar-refractivity contribution in [2.45, 2.75) is 190 Å². The molecule has 60 heavy (non-hydrogen) atoms. The largest absolute Gasteiger partial charge is 0.394 e. The number of carbonyl (C=O) groups excluding carboxylic acids is 2. The first-order chi connectivity index (χ1) is 28.5. The van der Waals surface area contributed by atoms with Crippen LogP contribution in [0.2, 0.25) is 0 Å². The molecule has 3 aliphatic rings. The highest BCUT2D eigenvalue weighted by molar-refractivity contribution is 5.87. The van der Waals surface area contributed by atoms with E-state index in [4.69, 9.17) is 18.9 Å². The molecule has 2 amide bonds. The van der Waals surface area contributed by atoms with E-state index < -0.39 is 128 Å². The summed E-state index contributed by atoms with van der Waals surface area (Å²) in [5.74, 6) is -0.604. The highest BCUT2D eigenvalue weighted by Crippen LogP contribution is 2.34. The molecule has 20 nitrogen and oxygen atoms in total. The van der Waals surface area contributed by atoms with Crippen LogP contribution in [0.5, 0.6) is 0 Å². The Bertz CT molecular complexity index is 1630. The van der Waals surface area contributed by atoms with Crippen molar-refractivity contribution in [1.82, 2.24) is 20.2 Å². The molecule has 0 aromatic carbocycles. The van der Waals surface area contributed by atoms with Gasteiger partial charge in [0.15, 0.2) is 18.8 Å². The van der Waals surface area contributed by atoms with Gasteiger partial charge in [0.25, 0.3) is 5.56 Å². The Morgan fingerprint density at radius 3 is 1.95 bits per heavy atom. The van der Waals surface area contributed by atoms with E-state index in [0.717, 1.165) is 55.4 Å². The van der Waals surface area contributed by atoms with E-state index >= 15 is 0 Å². The molecule has 0 bridgehead atoms. The summed E-state index contributed by atoms with van der Waals surface area (Å²) < 4.78 is 24.1.